The Balaban J connectivity index is 2.13. The molecule has 0 aliphatic heterocycles. The third kappa shape index (κ3) is 4.58. The third-order valence-electron chi connectivity index (χ3n) is 3.32. The summed E-state index contributed by atoms with van der Waals surface area (Å²) < 4.78 is 10.7. The van der Waals surface area contributed by atoms with Crippen LogP contribution in [0.15, 0.2) is 46.4 Å². The molecule has 0 aliphatic carbocycles. The second-order valence-electron chi connectivity index (χ2n) is 5.23. The van der Waals surface area contributed by atoms with Gasteiger partial charge in [-0.3, -0.25) is 0 Å². The van der Waals surface area contributed by atoms with Gasteiger partial charge in [0.05, 0.1) is 6.61 Å². The first-order valence-corrected chi connectivity index (χ1v) is 7.60. The van der Waals surface area contributed by atoms with Gasteiger partial charge in [0.2, 0.25) is 0 Å². The number of aryl methyl sites for hydroxylation is 1. The van der Waals surface area contributed by atoms with Crippen molar-refractivity contribution in [3.63, 3.8) is 0 Å². The first-order chi connectivity index (χ1) is 11.1. The van der Waals surface area contributed by atoms with E-state index in [0.29, 0.717) is 18.1 Å². The molecule has 1 aromatic heterocycles. The van der Waals surface area contributed by atoms with E-state index in [1.165, 1.54) is 11.6 Å². The Morgan fingerprint density at radius 2 is 2.00 bits per heavy atom. The minimum absolute atomic E-state index is 0.0640. The topological polar surface area (TPSA) is 63.2 Å². The molecule has 0 bridgehead atoms. The number of hydrogen-bond acceptors (Lipinski definition) is 4. The molecule has 2 rings (SSSR count). The van der Waals surface area contributed by atoms with Crippen LogP contribution in [0.25, 0.3) is 17.4 Å². The average molecular weight is 309 g/mol. The molecule has 2 aromatic rings. The summed E-state index contributed by atoms with van der Waals surface area (Å²) in [6, 6.07) is 13.3. The van der Waals surface area contributed by atoms with Crippen molar-refractivity contribution >= 4 is 12.0 Å². The number of carbonyl (C=O) groups excluding carboxylic acids is 1. The molecule has 1 aromatic carbocycles. The van der Waals surface area contributed by atoms with E-state index in [-0.39, 0.29) is 5.57 Å². The highest BCUT2D eigenvalue weighted by Crippen LogP contribution is 2.23. The van der Waals surface area contributed by atoms with Crippen LogP contribution in [-0.4, -0.2) is 12.6 Å². The van der Waals surface area contributed by atoms with Gasteiger partial charge in [0.25, 0.3) is 0 Å². The van der Waals surface area contributed by atoms with Crippen molar-refractivity contribution in [2.75, 3.05) is 6.61 Å². The smallest absolute Gasteiger partial charge is 0.349 e. The Morgan fingerprint density at radius 3 is 2.65 bits per heavy atom. The molecule has 1 heterocycles. The van der Waals surface area contributed by atoms with Crippen LogP contribution in [-0.2, 0) is 9.53 Å². The average Bonchev–Trinajstić information content (AvgIpc) is 3.02. The van der Waals surface area contributed by atoms with Crippen LogP contribution in [0.1, 0.15) is 31.1 Å². The number of unbranched alkanes of at least 4 members (excludes halogenated alkanes) is 1. The van der Waals surface area contributed by atoms with Gasteiger partial charge in [-0.15, -0.1) is 0 Å². The van der Waals surface area contributed by atoms with Gasteiger partial charge in [0.15, 0.2) is 0 Å². The molecule has 4 heteroatoms. The fraction of sp³-hybridized carbons (Fsp3) is 0.263. The van der Waals surface area contributed by atoms with Crippen molar-refractivity contribution in [1.29, 1.82) is 5.26 Å². The lowest BCUT2D eigenvalue weighted by Gasteiger charge is -2.01. The predicted octanol–water partition coefficient (Wildman–Crippen LogP) is 4.51. The van der Waals surface area contributed by atoms with E-state index in [1.807, 2.05) is 50.2 Å². The molecule has 0 N–H and O–H groups in total. The summed E-state index contributed by atoms with van der Waals surface area (Å²) in [4.78, 5) is 11.8. The largest absolute Gasteiger partial charge is 0.462 e. The molecule has 4 nitrogen and oxygen atoms in total. The molecular formula is C19H19NO3. The van der Waals surface area contributed by atoms with Crippen LogP contribution in [0, 0.1) is 18.3 Å². The maximum absolute atomic E-state index is 11.8. The first-order valence-electron chi connectivity index (χ1n) is 7.60. The van der Waals surface area contributed by atoms with E-state index < -0.39 is 5.97 Å². The van der Waals surface area contributed by atoms with Crippen LogP contribution in [0.3, 0.4) is 0 Å². The van der Waals surface area contributed by atoms with Crippen LogP contribution in [0.2, 0.25) is 0 Å². The Kier molecular flexibility index (Phi) is 5.76. The van der Waals surface area contributed by atoms with Crippen molar-refractivity contribution in [2.24, 2.45) is 0 Å². The Hall–Kier alpha value is -2.80. The summed E-state index contributed by atoms with van der Waals surface area (Å²) in [5.41, 5.74) is 2.05. The third-order valence-corrected chi connectivity index (χ3v) is 3.32. The summed E-state index contributed by atoms with van der Waals surface area (Å²) in [6.07, 6.45) is 3.12. The molecule has 0 amide bonds. The highest BCUT2D eigenvalue weighted by atomic mass is 16.5. The van der Waals surface area contributed by atoms with Crippen LogP contribution in [0.5, 0.6) is 0 Å². The Bertz CT molecular complexity index is 733. The highest BCUT2D eigenvalue weighted by molar-refractivity contribution is 5.97. The molecule has 23 heavy (non-hydrogen) atoms. The second kappa shape index (κ2) is 8.00. The zero-order chi connectivity index (χ0) is 16.7. The van der Waals surface area contributed by atoms with E-state index in [4.69, 9.17) is 14.4 Å². The standard InChI is InChI=1S/C19H19NO3/c1-3-4-11-22-19(21)16(13-20)12-17-9-10-18(23-17)15-7-5-14(2)6-8-15/h5-10,12H,3-4,11H2,1-2H3/b16-12+. The molecule has 0 aliphatic rings. The zero-order valence-electron chi connectivity index (χ0n) is 13.3. The van der Waals surface area contributed by atoms with Crippen LogP contribution >= 0.6 is 0 Å². The van der Waals surface area contributed by atoms with E-state index in [1.54, 1.807) is 6.07 Å². The Morgan fingerprint density at radius 1 is 1.26 bits per heavy atom. The number of carbonyl (C=O) groups is 1. The van der Waals surface area contributed by atoms with Crippen molar-refractivity contribution in [3.8, 4) is 17.4 Å². The molecule has 0 saturated carbocycles. The van der Waals surface area contributed by atoms with Gasteiger partial charge in [0.1, 0.15) is 23.2 Å². The van der Waals surface area contributed by atoms with Gasteiger partial charge in [-0.25, -0.2) is 4.79 Å². The molecule has 0 fully saturated rings. The SMILES string of the molecule is CCCCOC(=O)/C(C#N)=C/c1ccc(-c2ccc(C)cc2)o1. The minimum Gasteiger partial charge on any atom is -0.462 e. The number of rotatable bonds is 6. The maximum Gasteiger partial charge on any atom is 0.349 e. The molecule has 0 saturated heterocycles. The molecule has 0 radical (unpaired) electrons. The zero-order valence-corrected chi connectivity index (χ0v) is 13.3. The number of benzene rings is 1. The summed E-state index contributed by atoms with van der Waals surface area (Å²) >= 11 is 0. The lowest BCUT2D eigenvalue weighted by Crippen LogP contribution is -2.07. The van der Waals surface area contributed by atoms with Crippen molar-refractivity contribution in [3.05, 3.63) is 53.3 Å². The number of esters is 1. The number of nitrogens with zero attached hydrogens (tertiary/aromatic N) is 1. The summed E-state index contributed by atoms with van der Waals surface area (Å²) in [5, 5.41) is 9.11. The predicted molar refractivity (Wildman–Crippen MR) is 88.3 cm³/mol. The lowest BCUT2D eigenvalue weighted by atomic mass is 10.1. The van der Waals surface area contributed by atoms with Crippen LogP contribution in [0.4, 0.5) is 0 Å². The van der Waals surface area contributed by atoms with Gasteiger partial charge in [0, 0.05) is 11.6 Å². The quantitative estimate of drug-likeness (QED) is 0.341. The van der Waals surface area contributed by atoms with E-state index in [2.05, 4.69) is 0 Å². The second-order valence-corrected chi connectivity index (χ2v) is 5.23. The fourth-order valence-corrected chi connectivity index (χ4v) is 1.97. The van der Waals surface area contributed by atoms with Crippen molar-refractivity contribution < 1.29 is 13.9 Å². The van der Waals surface area contributed by atoms with Gasteiger partial charge in [-0.2, -0.15) is 5.26 Å². The van der Waals surface area contributed by atoms with Gasteiger partial charge in [-0.1, -0.05) is 43.2 Å². The molecule has 118 valence electrons. The lowest BCUT2D eigenvalue weighted by molar-refractivity contribution is -0.138. The minimum atomic E-state index is -0.616. The first kappa shape index (κ1) is 16.6. The summed E-state index contributed by atoms with van der Waals surface area (Å²) in [7, 11) is 0. The van der Waals surface area contributed by atoms with E-state index >= 15 is 0 Å². The van der Waals surface area contributed by atoms with Gasteiger partial charge < -0.3 is 9.15 Å². The molecule has 0 atom stereocenters. The number of ether oxygens (including phenoxy) is 1. The van der Waals surface area contributed by atoms with Crippen molar-refractivity contribution in [2.45, 2.75) is 26.7 Å². The Labute approximate surface area is 136 Å². The monoisotopic (exact) mass is 309 g/mol. The number of nitriles is 1. The normalized spacial score (nSPS) is 11.1. The molecule has 0 spiro atoms. The highest BCUT2D eigenvalue weighted by Gasteiger charge is 2.12. The number of furan rings is 1. The molecular weight excluding hydrogens is 290 g/mol. The maximum atomic E-state index is 11.8. The van der Waals surface area contributed by atoms with Gasteiger partial charge in [-0.05, 0) is 25.5 Å². The molecule has 0 unspecified atom stereocenters. The summed E-state index contributed by atoms with van der Waals surface area (Å²) in [5.74, 6) is 0.520. The van der Waals surface area contributed by atoms with Crippen LogP contribution < -0.4 is 0 Å². The van der Waals surface area contributed by atoms with E-state index in [9.17, 15) is 4.79 Å². The number of hydrogen-bond donors (Lipinski definition) is 0. The van der Waals surface area contributed by atoms with E-state index in [0.717, 1.165) is 18.4 Å². The van der Waals surface area contributed by atoms with Gasteiger partial charge >= 0.3 is 5.97 Å². The van der Waals surface area contributed by atoms with Crippen molar-refractivity contribution in [1.82, 2.24) is 0 Å². The summed E-state index contributed by atoms with van der Waals surface area (Å²) in [6.45, 7) is 4.34. The fourth-order valence-electron chi connectivity index (χ4n) is 1.97.